The number of aromatic nitrogens is 1. The van der Waals surface area contributed by atoms with Crippen LogP contribution in [0.4, 0.5) is 5.69 Å². The first kappa shape index (κ1) is 17.6. The van der Waals surface area contributed by atoms with Gasteiger partial charge in [-0.3, -0.25) is 14.6 Å². The number of piperidine rings is 1. The van der Waals surface area contributed by atoms with E-state index in [9.17, 15) is 14.7 Å². The van der Waals surface area contributed by atoms with Crippen molar-refractivity contribution in [2.75, 3.05) is 24.5 Å². The molecule has 7 heteroatoms. The number of aliphatic carboxylic acids is 1. The monoisotopic (exact) mass is 377 g/mol. The Bertz CT molecular complexity index is 750. The molecule has 2 aliphatic heterocycles. The molecule has 140 valence electrons. The predicted octanol–water partition coefficient (Wildman–Crippen LogP) is 2.58. The van der Waals surface area contributed by atoms with E-state index >= 15 is 0 Å². The number of carboxylic acids is 1. The Balaban J connectivity index is 1.57. The van der Waals surface area contributed by atoms with Crippen LogP contribution in [0.1, 0.15) is 37.4 Å². The van der Waals surface area contributed by atoms with E-state index in [0.717, 1.165) is 36.2 Å². The van der Waals surface area contributed by atoms with E-state index in [2.05, 4.69) is 9.88 Å². The van der Waals surface area contributed by atoms with Gasteiger partial charge in [0.25, 0.3) is 0 Å². The number of hydrogen-bond acceptors (Lipinski definition) is 4. The average molecular weight is 378 g/mol. The summed E-state index contributed by atoms with van der Waals surface area (Å²) in [6.07, 6.45) is 5.07. The highest BCUT2D eigenvalue weighted by atomic mass is 35.5. The second-order valence-corrected chi connectivity index (χ2v) is 8.23. The maximum Gasteiger partial charge on any atom is 0.306 e. The minimum atomic E-state index is -0.714. The Morgan fingerprint density at radius 2 is 2.04 bits per heavy atom. The predicted molar refractivity (Wildman–Crippen MR) is 98.2 cm³/mol. The zero-order valence-electron chi connectivity index (χ0n) is 14.9. The quantitative estimate of drug-likeness (QED) is 0.876. The van der Waals surface area contributed by atoms with Crippen molar-refractivity contribution in [1.29, 1.82) is 0 Å². The molecule has 2 atom stereocenters. The number of hydrogen-bond donors (Lipinski definition) is 1. The van der Waals surface area contributed by atoms with Gasteiger partial charge in [0.05, 0.1) is 28.9 Å². The van der Waals surface area contributed by atoms with Gasteiger partial charge in [-0.05, 0) is 31.6 Å². The van der Waals surface area contributed by atoms with Crippen molar-refractivity contribution in [3.05, 3.63) is 22.5 Å². The lowest BCUT2D eigenvalue weighted by Crippen LogP contribution is -2.43. The average Bonchev–Trinajstić information content (AvgIpc) is 3.45. The van der Waals surface area contributed by atoms with Crippen LogP contribution in [0.25, 0.3) is 0 Å². The van der Waals surface area contributed by atoms with E-state index in [0.29, 0.717) is 37.6 Å². The zero-order chi connectivity index (χ0) is 18.4. The standard InChI is InChI=1S/C19H24ClN3O3/c1-11-9-22(6-4-13(11)19(25)26)17-14-5-7-23(18(24)12-2-3-12)10-16(14)21-8-15(17)20/h8,11-13H,2-7,9-10H2,1H3,(H,25,26)/t11-,13+/m1/s1. The van der Waals surface area contributed by atoms with Crippen LogP contribution < -0.4 is 4.90 Å². The number of fused-ring (bicyclic) bond motifs is 1. The third kappa shape index (κ3) is 3.15. The van der Waals surface area contributed by atoms with Crippen LogP contribution >= 0.6 is 11.6 Å². The van der Waals surface area contributed by atoms with E-state index in [-0.39, 0.29) is 23.7 Å². The van der Waals surface area contributed by atoms with Crippen molar-refractivity contribution in [2.45, 2.75) is 39.2 Å². The molecule has 1 saturated carbocycles. The first-order valence-electron chi connectivity index (χ1n) is 9.38. The normalized spacial score (nSPS) is 25.8. The molecule has 1 aliphatic carbocycles. The fourth-order valence-corrected chi connectivity index (χ4v) is 4.58. The summed E-state index contributed by atoms with van der Waals surface area (Å²) in [5.74, 6) is -0.467. The highest BCUT2D eigenvalue weighted by Gasteiger charge is 2.37. The first-order valence-corrected chi connectivity index (χ1v) is 9.76. The summed E-state index contributed by atoms with van der Waals surface area (Å²) >= 11 is 6.50. The van der Waals surface area contributed by atoms with Gasteiger partial charge in [0, 0.05) is 37.3 Å². The van der Waals surface area contributed by atoms with Crippen molar-refractivity contribution in [3.63, 3.8) is 0 Å². The molecule has 0 radical (unpaired) electrons. The molecule has 0 aromatic carbocycles. The van der Waals surface area contributed by atoms with Gasteiger partial charge in [0.15, 0.2) is 0 Å². The van der Waals surface area contributed by atoms with Gasteiger partial charge in [0.2, 0.25) is 5.91 Å². The number of anilines is 1. The Morgan fingerprint density at radius 1 is 1.27 bits per heavy atom. The highest BCUT2D eigenvalue weighted by molar-refractivity contribution is 6.33. The molecule has 1 amide bonds. The number of carbonyl (C=O) groups is 2. The summed E-state index contributed by atoms with van der Waals surface area (Å²) in [6, 6.07) is 0. The van der Waals surface area contributed by atoms with Gasteiger partial charge in [-0.1, -0.05) is 18.5 Å². The van der Waals surface area contributed by atoms with Gasteiger partial charge in [-0.2, -0.15) is 0 Å². The Morgan fingerprint density at radius 3 is 2.69 bits per heavy atom. The van der Waals surface area contributed by atoms with Gasteiger partial charge in [-0.15, -0.1) is 0 Å². The van der Waals surface area contributed by atoms with Crippen molar-refractivity contribution in [1.82, 2.24) is 9.88 Å². The fourth-order valence-electron chi connectivity index (χ4n) is 4.29. The van der Waals surface area contributed by atoms with Crippen LogP contribution in [-0.4, -0.2) is 46.5 Å². The summed E-state index contributed by atoms with van der Waals surface area (Å²) in [6.45, 7) is 4.61. The Kier molecular flexibility index (Phi) is 4.55. The summed E-state index contributed by atoms with van der Waals surface area (Å²) in [4.78, 5) is 32.4. The highest BCUT2D eigenvalue weighted by Crippen LogP contribution is 2.39. The lowest BCUT2D eigenvalue weighted by atomic mass is 9.86. The van der Waals surface area contributed by atoms with Crippen LogP contribution in [-0.2, 0) is 22.6 Å². The first-order chi connectivity index (χ1) is 12.5. The number of halogens is 1. The second-order valence-electron chi connectivity index (χ2n) is 7.82. The molecule has 1 saturated heterocycles. The van der Waals surface area contributed by atoms with Crippen molar-refractivity contribution < 1.29 is 14.7 Å². The van der Waals surface area contributed by atoms with Gasteiger partial charge in [-0.25, -0.2) is 0 Å². The van der Waals surface area contributed by atoms with Gasteiger partial charge < -0.3 is 14.9 Å². The molecule has 2 fully saturated rings. The lowest BCUT2D eigenvalue weighted by Gasteiger charge is -2.39. The zero-order valence-corrected chi connectivity index (χ0v) is 15.7. The topological polar surface area (TPSA) is 73.7 Å². The van der Waals surface area contributed by atoms with Crippen LogP contribution in [0, 0.1) is 17.8 Å². The summed E-state index contributed by atoms with van der Waals surface area (Å²) in [5, 5.41) is 9.97. The smallest absolute Gasteiger partial charge is 0.306 e. The summed E-state index contributed by atoms with van der Waals surface area (Å²) < 4.78 is 0. The van der Waals surface area contributed by atoms with Crippen LogP contribution in [0.15, 0.2) is 6.20 Å². The molecule has 4 rings (SSSR count). The third-order valence-corrected chi connectivity index (χ3v) is 6.22. The van der Waals surface area contributed by atoms with E-state index in [1.165, 1.54) is 0 Å². The van der Waals surface area contributed by atoms with E-state index in [4.69, 9.17) is 11.6 Å². The number of pyridine rings is 1. The SMILES string of the molecule is C[C@@H]1CN(c2c(Cl)cnc3c2CCN(C(=O)C2CC2)C3)CC[C@@H]1C(=O)O. The van der Waals surface area contributed by atoms with Crippen LogP contribution in [0.3, 0.4) is 0 Å². The summed E-state index contributed by atoms with van der Waals surface area (Å²) in [5.41, 5.74) is 3.04. The number of carbonyl (C=O) groups excluding carboxylic acids is 1. The number of nitrogens with zero attached hydrogens (tertiary/aromatic N) is 3. The molecule has 0 unspecified atom stereocenters. The van der Waals surface area contributed by atoms with Crippen molar-refractivity contribution >= 4 is 29.2 Å². The molecule has 1 aromatic rings. The van der Waals surface area contributed by atoms with Gasteiger partial charge >= 0.3 is 5.97 Å². The molecule has 3 heterocycles. The van der Waals surface area contributed by atoms with Crippen molar-refractivity contribution in [2.24, 2.45) is 17.8 Å². The van der Waals surface area contributed by atoms with Gasteiger partial charge in [0.1, 0.15) is 0 Å². The van der Waals surface area contributed by atoms with E-state index in [1.54, 1.807) is 6.20 Å². The summed E-state index contributed by atoms with van der Waals surface area (Å²) in [7, 11) is 0. The number of carboxylic acid groups (broad SMARTS) is 1. The van der Waals surface area contributed by atoms with Crippen molar-refractivity contribution in [3.8, 4) is 0 Å². The molecule has 26 heavy (non-hydrogen) atoms. The molecule has 6 nitrogen and oxygen atoms in total. The Hall–Kier alpha value is -1.82. The van der Waals surface area contributed by atoms with E-state index in [1.807, 2.05) is 11.8 Å². The Labute approximate surface area is 158 Å². The molecule has 0 spiro atoms. The minimum absolute atomic E-state index is 0.0673. The number of amides is 1. The second kappa shape index (κ2) is 6.72. The fraction of sp³-hybridized carbons (Fsp3) is 0.632. The van der Waals surface area contributed by atoms with Crippen LogP contribution in [0.5, 0.6) is 0 Å². The molecule has 1 aromatic heterocycles. The number of rotatable bonds is 3. The largest absolute Gasteiger partial charge is 0.481 e. The molecule has 1 N–H and O–H groups in total. The molecule has 0 bridgehead atoms. The molecule has 3 aliphatic rings. The lowest BCUT2D eigenvalue weighted by molar-refractivity contribution is -0.144. The maximum atomic E-state index is 12.4. The minimum Gasteiger partial charge on any atom is -0.481 e. The molecular formula is C19H24ClN3O3. The maximum absolute atomic E-state index is 12.4. The van der Waals surface area contributed by atoms with E-state index < -0.39 is 5.97 Å². The van der Waals surface area contributed by atoms with Crippen LogP contribution in [0.2, 0.25) is 5.02 Å². The molecular weight excluding hydrogens is 354 g/mol. The third-order valence-electron chi connectivity index (χ3n) is 5.94.